The lowest BCUT2D eigenvalue weighted by Crippen LogP contribution is -2.42. The maximum absolute atomic E-state index is 12.8. The van der Waals surface area contributed by atoms with Crippen molar-refractivity contribution in [3.05, 3.63) is 54.3 Å². The van der Waals surface area contributed by atoms with Gasteiger partial charge >= 0.3 is 0 Å². The number of aromatic nitrogens is 3. The predicted octanol–water partition coefficient (Wildman–Crippen LogP) is 2.92. The second-order valence-electron chi connectivity index (χ2n) is 7.43. The van der Waals surface area contributed by atoms with Crippen molar-refractivity contribution in [1.82, 2.24) is 25.6 Å². The number of fused-ring (bicyclic) bond motifs is 2. The van der Waals surface area contributed by atoms with E-state index in [0.717, 1.165) is 48.0 Å². The summed E-state index contributed by atoms with van der Waals surface area (Å²) >= 11 is 0. The highest BCUT2D eigenvalue weighted by Crippen LogP contribution is 2.24. The number of carbonyl (C=O) groups excluding carboxylic acids is 1. The summed E-state index contributed by atoms with van der Waals surface area (Å²) in [4.78, 5) is 17.1. The second-order valence-corrected chi connectivity index (χ2v) is 7.43. The number of aliphatic imine (C=N–C) groups is 1. The highest BCUT2D eigenvalue weighted by Gasteiger charge is 2.22. The standard InChI is InChI=1S/C22H22N6O2/c1-23-21(14-5-4-10-24-13-14)25-22(29)20-12-15-11-16(8-9-19(15)30-20)28-18-7-3-2-6-17(18)26-27-28/h2-3,6-9,11-12,14,24H,4-5,10,13H2,1H3,(H,23,25,29). The fraction of sp³-hybridized carbons (Fsp3) is 0.273. The van der Waals surface area contributed by atoms with E-state index in [-0.39, 0.29) is 17.6 Å². The zero-order valence-corrected chi connectivity index (χ0v) is 16.6. The molecule has 1 saturated heterocycles. The van der Waals surface area contributed by atoms with Gasteiger partial charge in [0.25, 0.3) is 5.91 Å². The smallest absolute Gasteiger partial charge is 0.292 e. The van der Waals surface area contributed by atoms with Gasteiger partial charge in [-0.2, -0.15) is 0 Å². The molecule has 1 fully saturated rings. The van der Waals surface area contributed by atoms with E-state index < -0.39 is 0 Å². The molecule has 1 unspecified atom stereocenters. The first-order valence-electron chi connectivity index (χ1n) is 10.1. The number of amides is 1. The number of rotatable bonds is 3. The van der Waals surface area contributed by atoms with Gasteiger partial charge < -0.3 is 15.1 Å². The van der Waals surface area contributed by atoms with Crippen molar-refractivity contribution in [3.8, 4) is 5.69 Å². The molecule has 1 aliphatic heterocycles. The lowest BCUT2D eigenvalue weighted by molar-refractivity contribution is 0.0949. The minimum Gasteiger partial charge on any atom is -0.451 e. The number of carbonyl (C=O) groups is 1. The predicted molar refractivity (Wildman–Crippen MR) is 115 cm³/mol. The van der Waals surface area contributed by atoms with Gasteiger partial charge in [0.15, 0.2) is 5.76 Å². The SMILES string of the molecule is CN=C(NC(=O)c1cc2cc(-n3nnc4ccccc43)ccc2o1)C1CCCNC1. The Hall–Kier alpha value is -3.52. The minimum atomic E-state index is -0.287. The van der Waals surface area contributed by atoms with Gasteiger partial charge in [-0.15, -0.1) is 5.10 Å². The molecule has 0 bridgehead atoms. The van der Waals surface area contributed by atoms with E-state index in [1.165, 1.54) is 0 Å². The van der Waals surface area contributed by atoms with Crippen molar-refractivity contribution < 1.29 is 9.21 Å². The third kappa shape index (κ3) is 3.35. The van der Waals surface area contributed by atoms with Crippen LogP contribution in [0.1, 0.15) is 23.4 Å². The lowest BCUT2D eigenvalue weighted by Gasteiger charge is -2.24. The normalized spacial score (nSPS) is 17.5. The summed E-state index contributed by atoms with van der Waals surface area (Å²) in [5, 5.41) is 15.6. The molecule has 0 saturated carbocycles. The molecule has 2 aromatic heterocycles. The van der Waals surface area contributed by atoms with E-state index in [1.807, 2.05) is 42.5 Å². The van der Waals surface area contributed by atoms with Crippen molar-refractivity contribution in [2.45, 2.75) is 12.8 Å². The second kappa shape index (κ2) is 7.72. The fourth-order valence-corrected chi connectivity index (χ4v) is 3.94. The van der Waals surface area contributed by atoms with Crippen LogP contribution < -0.4 is 10.6 Å². The van der Waals surface area contributed by atoms with Gasteiger partial charge in [-0.3, -0.25) is 9.79 Å². The fourth-order valence-electron chi connectivity index (χ4n) is 3.94. The van der Waals surface area contributed by atoms with Crippen molar-refractivity contribution in [1.29, 1.82) is 0 Å². The molecule has 152 valence electrons. The van der Waals surface area contributed by atoms with Crippen LogP contribution in [-0.4, -0.2) is 46.9 Å². The average Bonchev–Trinajstić information content (AvgIpc) is 3.41. The molecule has 0 spiro atoms. The quantitative estimate of drug-likeness (QED) is 0.406. The molecular weight excluding hydrogens is 380 g/mol. The van der Waals surface area contributed by atoms with Gasteiger partial charge in [-0.05, 0) is 55.8 Å². The Morgan fingerprint density at radius 2 is 2.17 bits per heavy atom. The van der Waals surface area contributed by atoms with Crippen LogP contribution in [-0.2, 0) is 0 Å². The largest absolute Gasteiger partial charge is 0.451 e. The number of furan rings is 1. The Kier molecular flexibility index (Phi) is 4.76. The number of benzene rings is 2. The Balaban J connectivity index is 1.41. The van der Waals surface area contributed by atoms with Crippen molar-refractivity contribution >= 4 is 33.7 Å². The number of nitrogens with one attached hydrogen (secondary N) is 2. The molecule has 2 N–H and O–H groups in total. The monoisotopic (exact) mass is 402 g/mol. The zero-order valence-electron chi connectivity index (χ0n) is 16.6. The van der Waals surface area contributed by atoms with Crippen LogP contribution in [0.3, 0.4) is 0 Å². The number of hydrogen-bond donors (Lipinski definition) is 2. The van der Waals surface area contributed by atoms with Crippen LogP contribution in [0.4, 0.5) is 0 Å². The average molecular weight is 402 g/mol. The molecule has 1 aliphatic rings. The van der Waals surface area contributed by atoms with Crippen LogP contribution in [0.25, 0.3) is 27.7 Å². The van der Waals surface area contributed by atoms with E-state index in [0.29, 0.717) is 11.4 Å². The van der Waals surface area contributed by atoms with Gasteiger partial charge in [-0.25, -0.2) is 4.68 Å². The van der Waals surface area contributed by atoms with E-state index in [1.54, 1.807) is 17.8 Å². The summed E-state index contributed by atoms with van der Waals surface area (Å²) in [5.74, 6) is 0.882. The first kappa shape index (κ1) is 18.5. The number of hydrogen-bond acceptors (Lipinski definition) is 6. The molecule has 1 amide bonds. The van der Waals surface area contributed by atoms with E-state index in [2.05, 4.69) is 25.9 Å². The van der Waals surface area contributed by atoms with E-state index in [4.69, 9.17) is 4.42 Å². The van der Waals surface area contributed by atoms with E-state index >= 15 is 0 Å². The maximum atomic E-state index is 12.8. The highest BCUT2D eigenvalue weighted by atomic mass is 16.3. The molecule has 1 atom stereocenters. The Labute approximate surface area is 173 Å². The molecule has 2 aromatic carbocycles. The van der Waals surface area contributed by atoms with E-state index in [9.17, 15) is 4.79 Å². The first-order valence-corrected chi connectivity index (χ1v) is 10.1. The van der Waals surface area contributed by atoms with Gasteiger partial charge in [0.05, 0.1) is 11.2 Å². The summed E-state index contributed by atoms with van der Waals surface area (Å²) in [7, 11) is 1.71. The summed E-state index contributed by atoms with van der Waals surface area (Å²) in [5.41, 5.74) is 3.24. The summed E-state index contributed by atoms with van der Waals surface area (Å²) < 4.78 is 7.57. The number of amidine groups is 1. The maximum Gasteiger partial charge on any atom is 0.292 e. The lowest BCUT2D eigenvalue weighted by atomic mass is 9.98. The van der Waals surface area contributed by atoms with Crippen LogP contribution in [0.5, 0.6) is 0 Å². The number of nitrogens with zero attached hydrogens (tertiary/aromatic N) is 4. The molecule has 30 heavy (non-hydrogen) atoms. The number of piperidine rings is 1. The topological polar surface area (TPSA) is 97.3 Å². The number of para-hydroxylation sites is 1. The Morgan fingerprint density at radius 1 is 1.27 bits per heavy atom. The molecular formula is C22H22N6O2. The Bertz CT molecular complexity index is 1250. The molecule has 0 radical (unpaired) electrons. The highest BCUT2D eigenvalue weighted by molar-refractivity contribution is 6.07. The molecule has 8 heteroatoms. The van der Waals surface area contributed by atoms with Crippen molar-refractivity contribution in [2.75, 3.05) is 20.1 Å². The summed E-state index contributed by atoms with van der Waals surface area (Å²) in [6.07, 6.45) is 2.08. The minimum absolute atomic E-state index is 0.212. The van der Waals surface area contributed by atoms with Crippen LogP contribution in [0, 0.1) is 5.92 Å². The van der Waals surface area contributed by atoms with Crippen LogP contribution in [0.2, 0.25) is 0 Å². The third-order valence-corrected chi connectivity index (χ3v) is 5.49. The Morgan fingerprint density at radius 3 is 3.00 bits per heavy atom. The van der Waals surface area contributed by atoms with Gasteiger partial charge in [0.1, 0.15) is 16.9 Å². The molecule has 0 aliphatic carbocycles. The third-order valence-electron chi connectivity index (χ3n) is 5.49. The first-order chi connectivity index (χ1) is 14.7. The molecule has 3 heterocycles. The zero-order chi connectivity index (χ0) is 20.5. The van der Waals surface area contributed by atoms with Crippen molar-refractivity contribution in [3.63, 3.8) is 0 Å². The van der Waals surface area contributed by atoms with Crippen molar-refractivity contribution in [2.24, 2.45) is 10.9 Å². The molecule has 4 aromatic rings. The summed E-state index contributed by atoms with van der Waals surface area (Å²) in [6.45, 7) is 1.83. The van der Waals surface area contributed by atoms with Gasteiger partial charge in [0.2, 0.25) is 0 Å². The van der Waals surface area contributed by atoms with Crippen LogP contribution >= 0.6 is 0 Å². The molecule has 5 rings (SSSR count). The van der Waals surface area contributed by atoms with Crippen LogP contribution in [0.15, 0.2) is 57.9 Å². The van der Waals surface area contributed by atoms with Gasteiger partial charge in [-0.1, -0.05) is 17.3 Å². The van der Waals surface area contributed by atoms with Gasteiger partial charge in [0, 0.05) is 24.9 Å². The molecule has 8 nitrogen and oxygen atoms in total. The summed E-state index contributed by atoms with van der Waals surface area (Å²) in [6, 6.07) is 15.2.